The fourth-order valence-electron chi connectivity index (χ4n) is 2.44. The number of hydrogen-bond donors (Lipinski definition) is 2. The molecule has 0 spiro atoms. The van der Waals surface area contributed by atoms with E-state index in [1.165, 1.54) is 18.4 Å². The highest BCUT2D eigenvalue weighted by atomic mass is 16.3. The lowest BCUT2D eigenvalue weighted by molar-refractivity contribution is 0.471. The van der Waals surface area contributed by atoms with Gasteiger partial charge in [0.15, 0.2) is 0 Å². The number of hydrogen-bond acceptors (Lipinski definition) is 2. The molecular formula is C17H19NO. The van der Waals surface area contributed by atoms with Crippen LogP contribution < -0.4 is 5.32 Å². The van der Waals surface area contributed by atoms with E-state index in [1.54, 1.807) is 0 Å². The van der Waals surface area contributed by atoms with Crippen molar-refractivity contribution in [3.8, 4) is 5.75 Å². The number of aryl methyl sites for hydroxylation is 1. The third kappa shape index (κ3) is 2.73. The summed E-state index contributed by atoms with van der Waals surface area (Å²) in [7, 11) is 0. The topological polar surface area (TPSA) is 32.3 Å². The van der Waals surface area contributed by atoms with Gasteiger partial charge in [-0.05, 0) is 42.9 Å². The van der Waals surface area contributed by atoms with E-state index in [-0.39, 0.29) is 0 Å². The molecule has 1 aliphatic rings. The van der Waals surface area contributed by atoms with Crippen molar-refractivity contribution in [3.63, 3.8) is 0 Å². The van der Waals surface area contributed by atoms with Gasteiger partial charge >= 0.3 is 0 Å². The van der Waals surface area contributed by atoms with Crippen molar-refractivity contribution in [1.29, 1.82) is 0 Å². The van der Waals surface area contributed by atoms with E-state index >= 15 is 0 Å². The average molecular weight is 253 g/mol. The lowest BCUT2D eigenvalue weighted by Crippen LogP contribution is -2.12. The molecule has 0 radical (unpaired) electrons. The van der Waals surface area contributed by atoms with Crippen molar-refractivity contribution in [3.05, 3.63) is 59.7 Å². The number of phenolic OH excluding ortho intramolecular Hbond substituents is 1. The second kappa shape index (κ2) is 4.96. The Morgan fingerprint density at radius 2 is 1.84 bits per heavy atom. The maximum absolute atomic E-state index is 9.80. The van der Waals surface area contributed by atoms with Crippen molar-refractivity contribution in [2.24, 2.45) is 5.92 Å². The Hall–Kier alpha value is -1.96. The second-order valence-electron chi connectivity index (χ2n) is 5.37. The van der Waals surface area contributed by atoms with Gasteiger partial charge in [0.1, 0.15) is 5.75 Å². The summed E-state index contributed by atoms with van der Waals surface area (Å²) < 4.78 is 0. The first-order chi connectivity index (χ1) is 9.24. The van der Waals surface area contributed by atoms with Gasteiger partial charge in [0.25, 0.3) is 0 Å². The van der Waals surface area contributed by atoms with Gasteiger partial charge in [0.05, 0.1) is 6.04 Å². The zero-order valence-corrected chi connectivity index (χ0v) is 11.1. The van der Waals surface area contributed by atoms with Crippen molar-refractivity contribution < 1.29 is 5.11 Å². The number of phenols is 1. The Morgan fingerprint density at radius 3 is 2.47 bits per heavy atom. The van der Waals surface area contributed by atoms with Crippen LogP contribution in [-0.4, -0.2) is 5.11 Å². The van der Waals surface area contributed by atoms with E-state index in [4.69, 9.17) is 0 Å². The Kier molecular flexibility index (Phi) is 3.16. The monoisotopic (exact) mass is 253 g/mol. The molecule has 0 bridgehead atoms. The minimum absolute atomic E-state index is 0.350. The molecule has 1 unspecified atom stereocenters. The van der Waals surface area contributed by atoms with Crippen LogP contribution in [-0.2, 0) is 0 Å². The summed E-state index contributed by atoms with van der Waals surface area (Å²) in [5.41, 5.74) is 3.22. The fraction of sp³-hybridized carbons (Fsp3) is 0.294. The van der Waals surface area contributed by atoms with Gasteiger partial charge in [-0.2, -0.15) is 0 Å². The number of rotatable bonds is 4. The van der Waals surface area contributed by atoms with Crippen LogP contribution in [0, 0.1) is 12.8 Å². The van der Waals surface area contributed by atoms with Crippen LogP contribution in [0.5, 0.6) is 5.75 Å². The number of benzene rings is 2. The van der Waals surface area contributed by atoms with Crippen LogP contribution >= 0.6 is 0 Å². The highest BCUT2D eigenvalue weighted by molar-refractivity contribution is 5.52. The van der Waals surface area contributed by atoms with Crippen LogP contribution in [0.1, 0.15) is 30.0 Å². The Bertz CT molecular complexity index is 561. The lowest BCUT2D eigenvalue weighted by atomic mass is 10.0. The Balaban J connectivity index is 1.84. The zero-order valence-electron chi connectivity index (χ0n) is 11.1. The molecule has 0 saturated heterocycles. The van der Waals surface area contributed by atoms with E-state index in [0.29, 0.717) is 17.7 Å². The van der Waals surface area contributed by atoms with Crippen LogP contribution in [0.25, 0.3) is 0 Å². The maximum Gasteiger partial charge on any atom is 0.120 e. The normalized spacial score (nSPS) is 16.1. The average Bonchev–Trinajstić information content (AvgIpc) is 3.25. The van der Waals surface area contributed by atoms with Crippen LogP contribution in [0.3, 0.4) is 0 Å². The molecule has 0 aliphatic heterocycles. The van der Waals surface area contributed by atoms with Crippen molar-refractivity contribution in [1.82, 2.24) is 0 Å². The van der Waals surface area contributed by atoms with E-state index in [2.05, 4.69) is 29.6 Å². The van der Waals surface area contributed by atoms with Gasteiger partial charge in [0, 0.05) is 11.8 Å². The summed E-state index contributed by atoms with van der Waals surface area (Å²) in [4.78, 5) is 0. The molecule has 98 valence electrons. The molecule has 2 aromatic carbocycles. The van der Waals surface area contributed by atoms with Crippen LogP contribution in [0.2, 0.25) is 0 Å². The first-order valence-corrected chi connectivity index (χ1v) is 6.85. The number of nitrogens with one attached hydrogen (secondary N) is 1. The minimum Gasteiger partial charge on any atom is -0.508 e. The summed E-state index contributed by atoms with van der Waals surface area (Å²) in [5.74, 6) is 1.07. The number of aromatic hydroxyl groups is 1. The van der Waals surface area contributed by atoms with E-state index in [9.17, 15) is 5.11 Å². The summed E-state index contributed by atoms with van der Waals surface area (Å²) in [6, 6.07) is 16.7. The molecule has 0 aromatic heterocycles. The van der Waals surface area contributed by atoms with Gasteiger partial charge < -0.3 is 10.4 Å². The second-order valence-corrected chi connectivity index (χ2v) is 5.37. The molecule has 0 heterocycles. The summed E-state index contributed by atoms with van der Waals surface area (Å²) >= 11 is 0. The SMILES string of the molecule is Cc1ccc(NC(c2ccccc2)C2CC2)cc1O. The predicted octanol–water partition coefficient (Wildman–Crippen LogP) is 4.26. The molecule has 3 rings (SSSR count). The largest absolute Gasteiger partial charge is 0.508 e. The van der Waals surface area contributed by atoms with Crippen molar-refractivity contribution >= 4 is 5.69 Å². The molecule has 1 fully saturated rings. The van der Waals surface area contributed by atoms with E-state index < -0.39 is 0 Å². The molecule has 19 heavy (non-hydrogen) atoms. The smallest absolute Gasteiger partial charge is 0.120 e. The van der Waals surface area contributed by atoms with E-state index in [1.807, 2.05) is 31.2 Å². The Labute approximate surface area is 114 Å². The standard InChI is InChI=1S/C17H19NO/c1-12-7-10-15(11-16(12)19)18-17(14-8-9-14)13-5-3-2-4-6-13/h2-7,10-11,14,17-19H,8-9H2,1H3. The third-order valence-electron chi connectivity index (χ3n) is 3.78. The van der Waals surface area contributed by atoms with Gasteiger partial charge in [-0.15, -0.1) is 0 Å². The predicted molar refractivity (Wildman–Crippen MR) is 78.4 cm³/mol. The van der Waals surface area contributed by atoms with Crippen LogP contribution in [0.15, 0.2) is 48.5 Å². The molecule has 1 atom stereocenters. The fourth-order valence-corrected chi connectivity index (χ4v) is 2.44. The van der Waals surface area contributed by atoms with Crippen LogP contribution in [0.4, 0.5) is 5.69 Å². The molecule has 2 aromatic rings. The zero-order chi connectivity index (χ0) is 13.2. The molecular weight excluding hydrogens is 234 g/mol. The van der Waals surface area contributed by atoms with Gasteiger partial charge in [-0.25, -0.2) is 0 Å². The van der Waals surface area contributed by atoms with Crippen molar-refractivity contribution in [2.75, 3.05) is 5.32 Å². The molecule has 1 aliphatic carbocycles. The quantitative estimate of drug-likeness (QED) is 0.853. The van der Waals surface area contributed by atoms with E-state index in [0.717, 1.165) is 11.3 Å². The third-order valence-corrected chi connectivity index (χ3v) is 3.78. The van der Waals surface area contributed by atoms with Gasteiger partial charge in [-0.3, -0.25) is 0 Å². The summed E-state index contributed by atoms with van der Waals surface area (Å²) in [5, 5.41) is 13.4. The highest BCUT2D eigenvalue weighted by Gasteiger charge is 2.32. The Morgan fingerprint density at radius 1 is 1.11 bits per heavy atom. The van der Waals surface area contributed by atoms with Gasteiger partial charge in [0.2, 0.25) is 0 Å². The molecule has 2 nitrogen and oxygen atoms in total. The van der Waals surface area contributed by atoms with Gasteiger partial charge in [-0.1, -0.05) is 36.4 Å². The maximum atomic E-state index is 9.80. The van der Waals surface area contributed by atoms with Crippen molar-refractivity contribution in [2.45, 2.75) is 25.8 Å². The molecule has 1 saturated carbocycles. The first kappa shape index (κ1) is 12.1. The summed E-state index contributed by atoms with van der Waals surface area (Å²) in [6.07, 6.45) is 2.56. The number of anilines is 1. The first-order valence-electron chi connectivity index (χ1n) is 6.85. The molecule has 0 amide bonds. The lowest BCUT2D eigenvalue weighted by Gasteiger charge is -2.20. The molecule has 2 N–H and O–H groups in total. The summed E-state index contributed by atoms with van der Waals surface area (Å²) in [6.45, 7) is 1.91. The molecule has 2 heteroatoms. The minimum atomic E-state index is 0.350. The highest BCUT2D eigenvalue weighted by Crippen LogP contribution is 2.43.